The number of carbonyl (C=O) groups is 1. The monoisotopic (exact) mass is 372 g/mol. The lowest BCUT2D eigenvalue weighted by Crippen LogP contribution is -2.44. The van der Waals surface area contributed by atoms with Gasteiger partial charge in [-0.3, -0.25) is 14.9 Å². The van der Waals surface area contributed by atoms with Gasteiger partial charge in [0.2, 0.25) is 13.1 Å². The Morgan fingerprint density at radius 2 is 1.96 bits per heavy atom. The Balaban J connectivity index is 1.59. The van der Waals surface area contributed by atoms with Gasteiger partial charge in [-0.1, -0.05) is 12.1 Å². The van der Waals surface area contributed by atoms with E-state index in [2.05, 4.69) is 0 Å². The summed E-state index contributed by atoms with van der Waals surface area (Å²) in [7, 11) is 0. The van der Waals surface area contributed by atoms with E-state index in [0.29, 0.717) is 17.1 Å². The molecular weight excluding hydrogens is 356 g/mol. The third-order valence-electron chi connectivity index (χ3n) is 4.24. The predicted octanol–water partition coefficient (Wildman–Crippen LogP) is 2.81. The van der Waals surface area contributed by atoms with Gasteiger partial charge in [-0.2, -0.15) is 0 Å². The number of hydrogen-bond acceptors (Lipinski definition) is 7. The Kier molecular flexibility index (Phi) is 4.38. The molecule has 0 bridgehead atoms. The Hall–Kier alpha value is -3.17. The molecule has 9 nitrogen and oxygen atoms in total. The molecule has 1 saturated heterocycles. The van der Waals surface area contributed by atoms with E-state index in [4.69, 9.17) is 19.0 Å². The van der Waals surface area contributed by atoms with Crippen molar-refractivity contribution in [2.45, 2.75) is 19.3 Å². The van der Waals surface area contributed by atoms with Crippen molar-refractivity contribution in [2.24, 2.45) is 0 Å². The van der Waals surface area contributed by atoms with Crippen LogP contribution in [0.5, 0.6) is 11.5 Å². The summed E-state index contributed by atoms with van der Waals surface area (Å²) in [4.78, 5) is 29.3. The summed E-state index contributed by atoms with van der Waals surface area (Å²) in [6.07, 6.45) is -1.44. The maximum absolute atomic E-state index is 12.9. The van der Waals surface area contributed by atoms with Crippen LogP contribution < -0.4 is 9.47 Å². The van der Waals surface area contributed by atoms with Gasteiger partial charge in [-0.15, -0.1) is 0 Å². The zero-order valence-corrected chi connectivity index (χ0v) is 14.4. The van der Waals surface area contributed by atoms with Gasteiger partial charge in [0.25, 0.3) is 11.6 Å². The number of ether oxygens (including phenoxy) is 3. The molecule has 0 radical (unpaired) electrons. The number of nitrogens with zero attached hydrogens (tertiary/aromatic N) is 2. The molecule has 0 aromatic heterocycles. The van der Waals surface area contributed by atoms with Crippen molar-refractivity contribution >= 4 is 11.6 Å². The van der Waals surface area contributed by atoms with Gasteiger partial charge in [-0.25, -0.2) is 9.90 Å². The molecule has 1 amide bonds. The standard InChI is InChI=1S/C18H16N2O7/c1-11-9-19(17(21)12-6-7-15-16(8-12)25-10-24-15)27-18(26-11)13-4-2-3-5-14(13)20(22)23/h2-8,11,18H,9-10H2,1H3/t11-,18-/m1/s1. The van der Waals surface area contributed by atoms with Crippen molar-refractivity contribution in [3.8, 4) is 11.5 Å². The van der Waals surface area contributed by atoms with Crippen LogP contribution in [-0.2, 0) is 9.57 Å². The lowest BCUT2D eigenvalue weighted by atomic mass is 10.1. The third-order valence-corrected chi connectivity index (χ3v) is 4.24. The van der Waals surface area contributed by atoms with Gasteiger partial charge in [0.1, 0.15) is 0 Å². The van der Waals surface area contributed by atoms with E-state index in [0.717, 1.165) is 5.06 Å². The van der Waals surface area contributed by atoms with E-state index < -0.39 is 17.1 Å². The van der Waals surface area contributed by atoms with E-state index in [1.54, 1.807) is 43.3 Å². The average molecular weight is 372 g/mol. The number of amides is 1. The van der Waals surface area contributed by atoms with E-state index in [1.165, 1.54) is 6.07 Å². The van der Waals surface area contributed by atoms with Crippen LogP contribution in [0.15, 0.2) is 42.5 Å². The molecule has 4 rings (SSSR count). The molecule has 27 heavy (non-hydrogen) atoms. The molecule has 2 aliphatic rings. The number of rotatable bonds is 3. The molecule has 2 aromatic carbocycles. The SMILES string of the molecule is C[C@@H]1CN(C(=O)c2ccc3c(c2)OCO3)O[C@H](c2ccccc2[N+](=O)[O-])O1. The number of nitro benzene ring substituents is 1. The summed E-state index contributed by atoms with van der Waals surface area (Å²) in [6.45, 7) is 2.06. The normalized spacial score (nSPS) is 21.1. The number of carbonyl (C=O) groups excluding carboxylic acids is 1. The highest BCUT2D eigenvalue weighted by Crippen LogP contribution is 2.35. The van der Waals surface area contributed by atoms with Crippen LogP contribution in [0, 0.1) is 10.1 Å². The number of para-hydroxylation sites is 1. The van der Waals surface area contributed by atoms with Gasteiger partial charge in [0, 0.05) is 11.6 Å². The van der Waals surface area contributed by atoms with Crippen molar-refractivity contribution in [3.63, 3.8) is 0 Å². The summed E-state index contributed by atoms with van der Waals surface area (Å²) in [5.74, 6) is 0.657. The molecule has 1 fully saturated rings. The fraction of sp³-hybridized carbons (Fsp3) is 0.278. The average Bonchev–Trinajstić information content (AvgIpc) is 3.14. The predicted molar refractivity (Wildman–Crippen MR) is 91.1 cm³/mol. The van der Waals surface area contributed by atoms with Gasteiger partial charge in [0.05, 0.1) is 23.1 Å². The van der Waals surface area contributed by atoms with E-state index in [1.807, 2.05) is 0 Å². The fourth-order valence-electron chi connectivity index (χ4n) is 2.96. The lowest BCUT2D eigenvalue weighted by molar-refractivity contribution is -0.390. The highest BCUT2D eigenvalue weighted by molar-refractivity contribution is 5.94. The maximum atomic E-state index is 12.9. The van der Waals surface area contributed by atoms with Crippen molar-refractivity contribution in [1.29, 1.82) is 0 Å². The first-order chi connectivity index (χ1) is 13.0. The van der Waals surface area contributed by atoms with Crippen LogP contribution >= 0.6 is 0 Å². The lowest BCUT2D eigenvalue weighted by Gasteiger charge is -2.35. The van der Waals surface area contributed by atoms with E-state index in [9.17, 15) is 14.9 Å². The van der Waals surface area contributed by atoms with Crippen LogP contribution in [0.1, 0.15) is 29.1 Å². The first kappa shape index (κ1) is 17.3. The fourth-order valence-corrected chi connectivity index (χ4v) is 2.96. The zero-order valence-electron chi connectivity index (χ0n) is 14.4. The largest absolute Gasteiger partial charge is 0.454 e. The summed E-state index contributed by atoms with van der Waals surface area (Å²) in [6, 6.07) is 11.0. The van der Waals surface area contributed by atoms with Crippen LogP contribution in [0.25, 0.3) is 0 Å². The van der Waals surface area contributed by atoms with Crippen molar-refractivity contribution in [2.75, 3.05) is 13.3 Å². The Morgan fingerprint density at radius 1 is 1.19 bits per heavy atom. The molecule has 140 valence electrons. The van der Waals surface area contributed by atoms with Gasteiger partial charge < -0.3 is 14.2 Å². The second-order valence-corrected chi connectivity index (χ2v) is 6.13. The van der Waals surface area contributed by atoms with E-state index in [-0.39, 0.29) is 30.7 Å². The summed E-state index contributed by atoms with van der Waals surface area (Å²) < 4.78 is 16.2. The summed E-state index contributed by atoms with van der Waals surface area (Å²) in [5.41, 5.74) is 0.472. The molecule has 0 spiro atoms. The molecule has 0 N–H and O–H groups in total. The number of nitro groups is 1. The highest BCUT2D eigenvalue weighted by atomic mass is 16.8. The molecule has 2 aromatic rings. The minimum atomic E-state index is -1.06. The molecule has 0 unspecified atom stereocenters. The van der Waals surface area contributed by atoms with Gasteiger partial charge >= 0.3 is 0 Å². The minimum absolute atomic E-state index is 0.109. The molecule has 2 atom stereocenters. The number of hydrogen-bond donors (Lipinski definition) is 0. The molecule has 2 heterocycles. The smallest absolute Gasteiger partial charge is 0.277 e. The van der Waals surface area contributed by atoms with Crippen molar-refractivity contribution in [3.05, 3.63) is 63.7 Å². The number of fused-ring (bicyclic) bond motifs is 1. The van der Waals surface area contributed by atoms with Gasteiger partial charge in [0.15, 0.2) is 11.5 Å². The zero-order chi connectivity index (χ0) is 19.0. The summed E-state index contributed by atoms with van der Waals surface area (Å²) in [5, 5.41) is 12.4. The topological polar surface area (TPSA) is 100 Å². The Labute approximate surface area is 154 Å². The first-order valence-corrected chi connectivity index (χ1v) is 8.30. The second kappa shape index (κ2) is 6.86. The van der Waals surface area contributed by atoms with E-state index >= 15 is 0 Å². The quantitative estimate of drug-likeness (QED) is 0.603. The second-order valence-electron chi connectivity index (χ2n) is 6.13. The minimum Gasteiger partial charge on any atom is -0.454 e. The molecule has 2 aliphatic heterocycles. The van der Waals surface area contributed by atoms with Gasteiger partial charge in [-0.05, 0) is 31.2 Å². The molecular formula is C18H16N2O7. The first-order valence-electron chi connectivity index (χ1n) is 8.30. The van der Waals surface area contributed by atoms with Crippen LogP contribution in [-0.4, -0.2) is 35.3 Å². The molecule has 0 saturated carbocycles. The highest BCUT2D eigenvalue weighted by Gasteiger charge is 2.35. The van der Waals surface area contributed by atoms with Crippen LogP contribution in [0.2, 0.25) is 0 Å². The third kappa shape index (κ3) is 3.29. The van der Waals surface area contributed by atoms with Crippen LogP contribution in [0.3, 0.4) is 0 Å². The number of hydroxylamine groups is 2. The number of benzene rings is 2. The Bertz CT molecular complexity index is 901. The van der Waals surface area contributed by atoms with Crippen molar-refractivity contribution < 1.29 is 28.8 Å². The Morgan fingerprint density at radius 3 is 2.78 bits per heavy atom. The molecule has 0 aliphatic carbocycles. The maximum Gasteiger partial charge on any atom is 0.277 e. The summed E-state index contributed by atoms with van der Waals surface area (Å²) >= 11 is 0. The van der Waals surface area contributed by atoms with Crippen LogP contribution in [0.4, 0.5) is 5.69 Å². The van der Waals surface area contributed by atoms with Crippen molar-refractivity contribution in [1.82, 2.24) is 5.06 Å². The molecule has 9 heteroatoms.